The molecule has 9 nitrogen and oxygen atoms in total. The average Bonchev–Trinajstić information content (AvgIpc) is 2.93. The van der Waals surface area contributed by atoms with E-state index in [1.807, 2.05) is 0 Å². The Balaban J connectivity index is 2.43. The van der Waals surface area contributed by atoms with Crippen molar-refractivity contribution in [2.24, 2.45) is 0 Å². The molecule has 118 valence electrons. The minimum absolute atomic E-state index is 0.111. The van der Waals surface area contributed by atoms with E-state index in [1.54, 1.807) is 6.92 Å². The van der Waals surface area contributed by atoms with Gasteiger partial charge in [0.2, 0.25) is 0 Å². The Morgan fingerprint density at radius 3 is 2.68 bits per heavy atom. The van der Waals surface area contributed by atoms with Crippen LogP contribution in [0.2, 0.25) is 0 Å². The summed E-state index contributed by atoms with van der Waals surface area (Å²) in [6.07, 6.45) is 0. The van der Waals surface area contributed by atoms with Crippen LogP contribution in [0.5, 0.6) is 5.75 Å². The minimum atomic E-state index is -4.01. The van der Waals surface area contributed by atoms with Crippen molar-refractivity contribution in [1.82, 2.24) is 20.2 Å². The number of aryl methyl sites for hydroxylation is 1. The van der Waals surface area contributed by atoms with Crippen molar-refractivity contribution in [1.29, 1.82) is 0 Å². The number of Topliss-reactive ketones (excluding diaryl/α,β-unsaturated/α-hetero) is 1. The van der Waals surface area contributed by atoms with Gasteiger partial charge in [0.25, 0.3) is 16.0 Å². The molecule has 0 saturated heterocycles. The summed E-state index contributed by atoms with van der Waals surface area (Å²) < 4.78 is 32.1. The van der Waals surface area contributed by atoms with Crippen molar-refractivity contribution >= 4 is 21.8 Å². The number of hydrogen-bond donors (Lipinski definition) is 1. The Labute approximate surface area is 127 Å². The molecule has 0 aliphatic carbocycles. The molecule has 1 heterocycles. The second-order valence-electron chi connectivity index (χ2n) is 4.33. The second kappa shape index (κ2) is 6.10. The Hall–Kier alpha value is -2.49. The van der Waals surface area contributed by atoms with Crippen molar-refractivity contribution in [2.75, 3.05) is 11.8 Å². The summed E-state index contributed by atoms with van der Waals surface area (Å²) in [4.78, 5) is 12.5. The molecule has 10 heteroatoms. The average molecular weight is 325 g/mol. The van der Waals surface area contributed by atoms with Gasteiger partial charge in [-0.1, -0.05) is 5.10 Å². The van der Waals surface area contributed by atoms with Crippen LogP contribution in [0.25, 0.3) is 0 Å². The van der Waals surface area contributed by atoms with Crippen LogP contribution in [0, 0.1) is 0 Å². The number of ketones is 1. The number of methoxy groups -OCH3 is 1. The van der Waals surface area contributed by atoms with E-state index in [2.05, 4.69) is 20.1 Å². The van der Waals surface area contributed by atoms with Crippen LogP contribution in [-0.2, 0) is 16.6 Å². The van der Waals surface area contributed by atoms with Gasteiger partial charge in [0.1, 0.15) is 10.6 Å². The number of carbonyl (C=O) groups excluding carboxylic acids is 1. The summed E-state index contributed by atoms with van der Waals surface area (Å²) >= 11 is 0. The Kier molecular flexibility index (Phi) is 4.40. The lowest BCUT2D eigenvalue weighted by Crippen LogP contribution is -2.16. The van der Waals surface area contributed by atoms with E-state index in [0.717, 1.165) is 0 Å². The number of benzene rings is 1. The molecule has 0 amide bonds. The Morgan fingerprint density at radius 2 is 2.14 bits per heavy atom. The first-order valence-corrected chi connectivity index (χ1v) is 7.85. The summed E-state index contributed by atoms with van der Waals surface area (Å²) in [6.45, 7) is 3.59. The van der Waals surface area contributed by atoms with Crippen LogP contribution in [0.3, 0.4) is 0 Å². The summed E-state index contributed by atoms with van der Waals surface area (Å²) in [5, 5.41) is 11.1. The van der Waals surface area contributed by atoms with Crippen LogP contribution in [0.15, 0.2) is 23.1 Å². The molecule has 1 aromatic heterocycles. The summed E-state index contributed by atoms with van der Waals surface area (Å²) in [7, 11) is -2.67. The first kappa shape index (κ1) is 15.9. The molecule has 0 atom stereocenters. The number of aromatic nitrogens is 4. The van der Waals surface area contributed by atoms with E-state index < -0.39 is 10.0 Å². The second-order valence-corrected chi connectivity index (χ2v) is 5.98. The van der Waals surface area contributed by atoms with Gasteiger partial charge in [-0.05, 0) is 37.3 Å². The van der Waals surface area contributed by atoms with Gasteiger partial charge in [-0.25, -0.2) is 13.1 Å². The molecule has 0 aliphatic heterocycles. The zero-order valence-electron chi connectivity index (χ0n) is 12.3. The molecule has 2 rings (SSSR count). The first-order chi connectivity index (χ1) is 10.4. The molecule has 1 N–H and O–H groups in total. The molecule has 0 spiro atoms. The van der Waals surface area contributed by atoms with Gasteiger partial charge in [0, 0.05) is 5.56 Å². The van der Waals surface area contributed by atoms with E-state index in [0.29, 0.717) is 6.54 Å². The number of carbonyl (C=O) groups is 1. The molecular formula is C12H15N5O4S. The number of hydrogen-bond acceptors (Lipinski definition) is 7. The third-order valence-electron chi connectivity index (χ3n) is 2.82. The maximum atomic E-state index is 12.4. The maximum Gasteiger partial charge on any atom is 0.277 e. The quantitative estimate of drug-likeness (QED) is 0.777. The fourth-order valence-electron chi connectivity index (χ4n) is 1.70. The third kappa shape index (κ3) is 3.22. The first-order valence-electron chi connectivity index (χ1n) is 6.37. The van der Waals surface area contributed by atoms with Crippen LogP contribution >= 0.6 is 0 Å². The van der Waals surface area contributed by atoms with Gasteiger partial charge in [-0.2, -0.15) is 4.80 Å². The number of tetrazole rings is 1. The van der Waals surface area contributed by atoms with Crippen molar-refractivity contribution < 1.29 is 17.9 Å². The molecule has 0 aliphatic rings. The number of ether oxygens (including phenoxy) is 1. The SMILES string of the molecule is CCn1nnc(NS(=O)(=O)c2cc(C(C)=O)ccc2OC)n1. The minimum Gasteiger partial charge on any atom is -0.495 e. The van der Waals surface area contributed by atoms with E-state index in [-0.39, 0.29) is 27.9 Å². The van der Waals surface area contributed by atoms with Gasteiger partial charge < -0.3 is 4.74 Å². The van der Waals surface area contributed by atoms with Gasteiger partial charge in [0.05, 0.1) is 13.7 Å². The topological polar surface area (TPSA) is 116 Å². The largest absolute Gasteiger partial charge is 0.495 e. The van der Waals surface area contributed by atoms with Gasteiger partial charge in [-0.15, -0.1) is 5.10 Å². The summed E-state index contributed by atoms with van der Waals surface area (Å²) in [6, 6.07) is 4.15. The number of nitrogens with zero attached hydrogens (tertiary/aromatic N) is 4. The molecule has 0 saturated carbocycles. The zero-order valence-corrected chi connectivity index (χ0v) is 13.1. The van der Waals surface area contributed by atoms with Crippen LogP contribution < -0.4 is 9.46 Å². The van der Waals surface area contributed by atoms with Crippen molar-refractivity contribution in [2.45, 2.75) is 25.3 Å². The lowest BCUT2D eigenvalue weighted by molar-refractivity contribution is 0.101. The van der Waals surface area contributed by atoms with Gasteiger partial charge in [0.15, 0.2) is 5.78 Å². The highest BCUT2D eigenvalue weighted by Gasteiger charge is 2.23. The van der Waals surface area contributed by atoms with Crippen molar-refractivity contribution in [3.8, 4) is 5.75 Å². The highest BCUT2D eigenvalue weighted by atomic mass is 32.2. The normalized spacial score (nSPS) is 11.2. The Bertz CT molecular complexity index is 800. The van der Waals surface area contributed by atoms with Gasteiger partial charge >= 0.3 is 0 Å². The van der Waals surface area contributed by atoms with Gasteiger partial charge in [-0.3, -0.25) is 4.79 Å². The fourth-order valence-corrected chi connectivity index (χ4v) is 2.83. The fraction of sp³-hybridized carbons (Fsp3) is 0.333. The molecule has 1 aromatic carbocycles. The molecule has 0 unspecified atom stereocenters. The number of rotatable bonds is 6. The number of nitrogens with one attached hydrogen (secondary N) is 1. The Morgan fingerprint density at radius 1 is 1.41 bits per heavy atom. The molecule has 22 heavy (non-hydrogen) atoms. The van der Waals surface area contributed by atoms with Crippen molar-refractivity contribution in [3.63, 3.8) is 0 Å². The molecule has 0 fully saturated rings. The smallest absolute Gasteiger partial charge is 0.277 e. The van der Waals surface area contributed by atoms with E-state index >= 15 is 0 Å². The molecule has 0 radical (unpaired) electrons. The van der Waals surface area contributed by atoms with E-state index in [4.69, 9.17) is 4.74 Å². The third-order valence-corrected chi connectivity index (χ3v) is 4.17. The van der Waals surface area contributed by atoms with Crippen LogP contribution in [0.1, 0.15) is 24.2 Å². The molecule has 0 bridgehead atoms. The molecular weight excluding hydrogens is 310 g/mol. The lowest BCUT2D eigenvalue weighted by Gasteiger charge is -2.10. The van der Waals surface area contributed by atoms with E-state index in [9.17, 15) is 13.2 Å². The van der Waals surface area contributed by atoms with Crippen LogP contribution in [-0.4, -0.2) is 41.5 Å². The zero-order chi connectivity index (χ0) is 16.3. The highest BCUT2D eigenvalue weighted by molar-refractivity contribution is 7.92. The predicted octanol–water partition coefficient (Wildman–Crippen LogP) is 0.705. The molecule has 2 aromatic rings. The maximum absolute atomic E-state index is 12.4. The summed E-state index contributed by atoms with van der Waals surface area (Å²) in [5.41, 5.74) is 0.256. The monoisotopic (exact) mass is 325 g/mol. The number of sulfonamides is 1. The van der Waals surface area contributed by atoms with Crippen LogP contribution in [0.4, 0.5) is 5.95 Å². The van der Waals surface area contributed by atoms with E-state index in [1.165, 1.54) is 37.0 Å². The predicted molar refractivity (Wildman–Crippen MR) is 77.3 cm³/mol. The summed E-state index contributed by atoms with van der Waals surface area (Å²) in [5.74, 6) is -0.299. The number of anilines is 1. The highest BCUT2D eigenvalue weighted by Crippen LogP contribution is 2.26. The lowest BCUT2D eigenvalue weighted by atomic mass is 10.1. The standard InChI is InChI=1S/C12H15N5O4S/c1-4-17-14-12(13-16-17)15-22(19,20)11-7-9(8(2)18)5-6-10(11)21-3/h5-7H,4H2,1-3H3,(H,14,15). The van der Waals surface area contributed by atoms with Crippen molar-refractivity contribution in [3.05, 3.63) is 23.8 Å².